The van der Waals surface area contributed by atoms with Crippen LogP contribution in [0.3, 0.4) is 0 Å². The highest BCUT2D eigenvalue weighted by atomic mass is 16.3. The molecular weight excluding hydrogens is 803 g/mol. The van der Waals surface area contributed by atoms with E-state index in [0.29, 0.717) is 11.5 Å². The van der Waals surface area contributed by atoms with E-state index in [0.717, 1.165) is 63.2 Å². The van der Waals surface area contributed by atoms with Crippen LogP contribution in [0.4, 0.5) is 0 Å². The van der Waals surface area contributed by atoms with Crippen molar-refractivity contribution in [2.45, 2.75) is 39.0 Å². The number of benzene rings is 8. The molecule has 2 aliphatic carbocycles. The van der Waals surface area contributed by atoms with Crippen LogP contribution in [-0.2, 0) is 5.41 Å². The van der Waals surface area contributed by atoms with Crippen LogP contribution in [0.1, 0.15) is 67.0 Å². The first kappa shape index (κ1) is 39.5. The Bertz CT molecular complexity index is 3710. The molecule has 0 spiro atoms. The predicted molar refractivity (Wildman–Crippen MR) is 278 cm³/mol. The molecule has 0 aliphatic heterocycles. The molecule has 0 bridgehead atoms. The van der Waals surface area contributed by atoms with E-state index in [1.165, 1.54) is 66.0 Å². The van der Waals surface area contributed by atoms with Gasteiger partial charge in [-0.25, -0.2) is 9.98 Å². The summed E-state index contributed by atoms with van der Waals surface area (Å²) in [5.41, 5.74) is 20.5. The first-order chi connectivity index (χ1) is 32.3. The number of hydrogen-bond acceptors (Lipinski definition) is 2. The van der Waals surface area contributed by atoms with Gasteiger partial charge in [-0.15, -0.1) is 0 Å². The second-order valence-corrected chi connectivity index (χ2v) is 18.2. The molecule has 0 fully saturated rings. The summed E-state index contributed by atoms with van der Waals surface area (Å²) in [5, 5.41) is 4.92. The fourth-order valence-corrected chi connectivity index (χ4v) is 10.4. The number of rotatable bonds is 7. The molecule has 0 radical (unpaired) electrons. The van der Waals surface area contributed by atoms with E-state index in [-0.39, 0.29) is 5.41 Å². The van der Waals surface area contributed by atoms with Crippen molar-refractivity contribution in [1.29, 1.82) is 0 Å². The molecular formula is C62H47N3O. The topological polar surface area (TPSA) is 42.8 Å². The number of aliphatic imine (C=N–C) groups is 2. The molecule has 4 nitrogen and oxygen atoms in total. The van der Waals surface area contributed by atoms with E-state index in [9.17, 15) is 0 Å². The van der Waals surface area contributed by atoms with Gasteiger partial charge in [-0.1, -0.05) is 166 Å². The van der Waals surface area contributed by atoms with E-state index in [1.54, 1.807) is 0 Å². The number of amidine groups is 1. The Balaban J connectivity index is 0.836. The van der Waals surface area contributed by atoms with Crippen LogP contribution in [0, 0.1) is 0 Å². The number of para-hydroxylation sites is 2. The van der Waals surface area contributed by atoms with Gasteiger partial charge in [0.1, 0.15) is 11.2 Å². The highest BCUT2D eigenvalue weighted by Crippen LogP contribution is 2.53. The molecule has 316 valence electrons. The molecule has 4 heteroatoms. The van der Waals surface area contributed by atoms with E-state index >= 15 is 0 Å². The molecule has 2 aromatic heterocycles. The van der Waals surface area contributed by atoms with E-state index in [4.69, 9.17) is 14.4 Å². The lowest BCUT2D eigenvalue weighted by atomic mass is 9.78. The van der Waals surface area contributed by atoms with Gasteiger partial charge in [-0.3, -0.25) is 0 Å². The summed E-state index contributed by atoms with van der Waals surface area (Å²) >= 11 is 0. The normalized spacial score (nSPS) is 14.9. The molecule has 2 heterocycles. The number of hydrogen-bond donors (Lipinski definition) is 0. The van der Waals surface area contributed by atoms with Crippen molar-refractivity contribution in [3.8, 4) is 16.8 Å². The van der Waals surface area contributed by atoms with E-state index in [2.05, 4.69) is 152 Å². The van der Waals surface area contributed by atoms with Crippen molar-refractivity contribution in [2.75, 3.05) is 0 Å². The summed E-state index contributed by atoms with van der Waals surface area (Å²) in [6, 6.07) is 66.7. The van der Waals surface area contributed by atoms with Crippen LogP contribution < -0.4 is 0 Å². The van der Waals surface area contributed by atoms with Gasteiger partial charge in [0.25, 0.3) is 0 Å². The Kier molecular flexibility index (Phi) is 9.32. The van der Waals surface area contributed by atoms with Crippen molar-refractivity contribution in [2.24, 2.45) is 9.98 Å². The third kappa shape index (κ3) is 6.60. The first-order valence-corrected chi connectivity index (χ1v) is 22.9. The van der Waals surface area contributed by atoms with Gasteiger partial charge < -0.3 is 8.98 Å². The zero-order valence-corrected chi connectivity index (χ0v) is 37.3. The van der Waals surface area contributed by atoms with Crippen molar-refractivity contribution >= 4 is 72.1 Å². The standard InChI is InChI=1S/C62H47N3O/c1-39(41-15-7-5-8-16-41)63-61(45-17-9-6-10-18-45)64-40(2)42-23-25-43(26-24-42)44-27-31-48(32-28-44)65-57-21-13-11-19-50(57)53-35-46(30-34-58(53)65)47-29-33-49-52-37-54-51-20-12-14-22-59(51)66-60(54)38-56(52)62(3,4)55(49)36-47/h5-28,30-32,34-38H,1,29,33H2,2-4H3/b63-61-,64-40+. The largest absolute Gasteiger partial charge is 0.456 e. The number of nitrogens with zero attached hydrogens (tertiary/aromatic N) is 3. The van der Waals surface area contributed by atoms with Gasteiger partial charge in [0, 0.05) is 43.9 Å². The zero-order valence-electron chi connectivity index (χ0n) is 37.3. The Morgan fingerprint density at radius 1 is 0.545 bits per heavy atom. The number of fused-ring (bicyclic) bond motifs is 8. The first-order valence-electron chi connectivity index (χ1n) is 22.9. The molecule has 0 N–H and O–H groups in total. The second-order valence-electron chi connectivity index (χ2n) is 18.2. The molecule has 0 amide bonds. The Morgan fingerprint density at radius 3 is 1.94 bits per heavy atom. The summed E-state index contributed by atoms with van der Waals surface area (Å²) < 4.78 is 8.76. The Morgan fingerprint density at radius 2 is 1.18 bits per heavy atom. The van der Waals surface area contributed by atoms with Crippen molar-refractivity contribution in [1.82, 2.24) is 4.57 Å². The van der Waals surface area contributed by atoms with Crippen LogP contribution in [0.15, 0.2) is 221 Å². The minimum absolute atomic E-state index is 0.119. The van der Waals surface area contributed by atoms with Crippen LogP contribution in [0.5, 0.6) is 0 Å². The Labute approximate surface area is 384 Å². The Hall–Kier alpha value is -8.08. The molecule has 66 heavy (non-hydrogen) atoms. The molecule has 12 rings (SSSR count). The highest BCUT2D eigenvalue weighted by molar-refractivity contribution is 6.13. The third-order valence-electron chi connectivity index (χ3n) is 13.9. The van der Waals surface area contributed by atoms with Crippen molar-refractivity contribution in [3.63, 3.8) is 0 Å². The average molecular weight is 850 g/mol. The van der Waals surface area contributed by atoms with Gasteiger partial charge in [-0.2, -0.15) is 0 Å². The van der Waals surface area contributed by atoms with Crippen molar-refractivity contribution < 1.29 is 4.42 Å². The quantitative estimate of drug-likeness (QED) is 0.116. The van der Waals surface area contributed by atoms with Crippen LogP contribution >= 0.6 is 0 Å². The van der Waals surface area contributed by atoms with Gasteiger partial charge in [0.05, 0.1) is 16.7 Å². The molecule has 8 aromatic carbocycles. The zero-order chi connectivity index (χ0) is 44.5. The van der Waals surface area contributed by atoms with Crippen LogP contribution in [0.2, 0.25) is 0 Å². The lowest BCUT2D eigenvalue weighted by molar-refractivity contribution is 0.642. The number of furan rings is 1. The summed E-state index contributed by atoms with van der Waals surface area (Å²) in [6.45, 7) is 11.0. The van der Waals surface area contributed by atoms with Gasteiger partial charge >= 0.3 is 0 Å². The number of aromatic nitrogens is 1. The molecule has 0 saturated heterocycles. The predicted octanol–water partition coefficient (Wildman–Crippen LogP) is 16.2. The lowest BCUT2D eigenvalue weighted by Crippen LogP contribution is -2.17. The maximum Gasteiger partial charge on any atom is 0.160 e. The highest BCUT2D eigenvalue weighted by Gasteiger charge is 2.39. The van der Waals surface area contributed by atoms with Crippen LogP contribution in [0.25, 0.3) is 77.4 Å². The fourth-order valence-electron chi connectivity index (χ4n) is 10.4. The fraction of sp³-hybridized carbons (Fsp3) is 0.0968. The molecule has 0 saturated carbocycles. The van der Waals surface area contributed by atoms with Gasteiger partial charge in [0.15, 0.2) is 5.84 Å². The molecule has 10 aromatic rings. The van der Waals surface area contributed by atoms with E-state index < -0.39 is 0 Å². The monoisotopic (exact) mass is 849 g/mol. The SMILES string of the molecule is C=C(/N=C(\N=C(/C)c1ccc(-c2ccc(-n3c4ccccc4c4cc(C5=CC6=C(CC5)c5cc7c(cc5C6(C)C)oc5ccccc57)ccc43)cc2)cc1)c1ccccc1)c1ccccc1. The minimum atomic E-state index is -0.119. The third-order valence-corrected chi connectivity index (χ3v) is 13.9. The van der Waals surface area contributed by atoms with Gasteiger partial charge in [0.2, 0.25) is 0 Å². The minimum Gasteiger partial charge on any atom is -0.456 e. The smallest absolute Gasteiger partial charge is 0.160 e. The maximum atomic E-state index is 6.36. The molecule has 0 unspecified atom stereocenters. The molecule has 0 atom stereocenters. The van der Waals surface area contributed by atoms with Crippen LogP contribution in [-0.4, -0.2) is 16.1 Å². The molecule has 2 aliphatic rings. The van der Waals surface area contributed by atoms with Gasteiger partial charge in [-0.05, 0) is 124 Å². The summed E-state index contributed by atoms with van der Waals surface area (Å²) in [5.74, 6) is 0.635. The summed E-state index contributed by atoms with van der Waals surface area (Å²) in [4.78, 5) is 9.94. The summed E-state index contributed by atoms with van der Waals surface area (Å²) in [7, 11) is 0. The number of allylic oxidation sites excluding steroid dienone is 4. The summed E-state index contributed by atoms with van der Waals surface area (Å²) in [6.07, 6.45) is 4.53. The lowest BCUT2D eigenvalue weighted by Gasteiger charge is -2.26. The van der Waals surface area contributed by atoms with E-state index in [1.807, 2.05) is 73.7 Å². The second kappa shape index (κ2) is 15.6. The maximum absolute atomic E-state index is 6.36. The average Bonchev–Trinajstić information content (AvgIpc) is 3.98. The van der Waals surface area contributed by atoms with Crippen molar-refractivity contribution in [3.05, 3.63) is 240 Å².